The summed E-state index contributed by atoms with van der Waals surface area (Å²) in [5, 5.41) is 10.6. The lowest BCUT2D eigenvalue weighted by Gasteiger charge is -2.21. The molecule has 0 aliphatic heterocycles. The van der Waals surface area contributed by atoms with Crippen LogP contribution in [0.5, 0.6) is 0 Å². The van der Waals surface area contributed by atoms with Crippen LogP contribution in [0.2, 0.25) is 0 Å². The maximum Gasteiger partial charge on any atom is 0.472 e. The van der Waals surface area contributed by atoms with E-state index in [1.54, 1.807) is 12.2 Å². The van der Waals surface area contributed by atoms with E-state index < -0.39 is 97.5 Å². The summed E-state index contributed by atoms with van der Waals surface area (Å²) in [6.07, 6.45) is 94.1. The Morgan fingerprint density at radius 1 is 0.279 bits per heavy atom. The van der Waals surface area contributed by atoms with Crippen molar-refractivity contribution in [1.29, 1.82) is 0 Å². The Kier molecular flexibility index (Phi) is 69.9. The van der Waals surface area contributed by atoms with Gasteiger partial charge >= 0.3 is 39.5 Å². The quantitative estimate of drug-likeness (QED) is 0.0169. The number of phosphoric acid groups is 2. The fourth-order valence-electron chi connectivity index (χ4n) is 8.85. The Morgan fingerprint density at radius 2 is 0.519 bits per heavy atom. The lowest BCUT2D eigenvalue weighted by molar-refractivity contribution is -0.161. The standard InChI is InChI=1S/C85H130O17P2/c1-5-9-13-17-21-25-29-33-37-39-43-45-49-53-57-61-65-69-82(87)95-75-80(101-84(89)71-67-63-59-55-51-47-41-35-31-27-23-19-15-11-7-3)77-99-103(91,92)97-73-79(86)74-98-104(93,94)100-78-81(102-85(90)72-68-64-60-56-52-48-42-36-32-28-24-20-16-12-8-4)76-96-83(88)70-66-62-58-54-50-46-44-40-38-34-30-26-22-18-14-10-6-2/h9-16,21-28,33-38,41-46,51,53-55,57-58,63,67,79-81,86H,5-8,17-20,29-32,39-40,47-50,52,56,59-62,64-66,68-78H2,1-4H3,(H,91,92)(H,93,94)/b13-9-,14-10-,15-11-,16-12-,25-21-,26-22-,27-23-,28-24-,37-33-,38-34-,41-35-,42-36-,45-43-,46-44-,55-51-,57-53-,58-54-,67-63-. The molecule has 0 radical (unpaired) electrons. The number of hydrogen-bond acceptors (Lipinski definition) is 15. The third-order valence-corrected chi connectivity index (χ3v) is 16.4. The van der Waals surface area contributed by atoms with Crippen LogP contribution in [-0.4, -0.2) is 96.7 Å². The molecule has 0 heterocycles. The second-order valence-corrected chi connectivity index (χ2v) is 27.0. The normalized spacial score (nSPS) is 15.1. The lowest BCUT2D eigenvalue weighted by atomic mass is 10.1. The molecule has 3 N–H and O–H groups in total. The number of carbonyl (C=O) groups excluding carboxylic acids is 4. The predicted molar refractivity (Wildman–Crippen MR) is 426 cm³/mol. The number of carbonyl (C=O) groups is 4. The van der Waals surface area contributed by atoms with Crippen LogP contribution in [0.15, 0.2) is 219 Å². The van der Waals surface area contributed by atoms with Crippen molar-refractivity contribution in [2.75, 3.05) is 39.6 Å². The molecule has 0 saturated heterocycles. The van der Waals surface area contributed by atoms with E-state index in [1.165, 1.54) is 0 Å². The average Bonchev–Trinajstić information content (AvgIpc) is 0.937. The number of esters is 4. The minimum atomic E-state index is -5.03. The first-order chi connectivity index (χ1) is 50.7. The molecule has 0 aromatic carbocycles. The molecule has 5 unspecified atom stereocenters. The van der Waals surface area contributed by atoms with Crippen molar-refractivity contribution < 1.29 is 80.2 Å². The van der Waals surface area contributed by atoms with Crippen LogP contribution in [0.1, 0.15) is 233 Å². The average molecular weight is 1490 g/mol. The van der Waals surface area contributed by atoms with Crippen molar-refractivity contribution >= 4 is 39.5 Å². The van der Waals surface area contributed by atoms with Crippen LogP contribution in [-0.2, 0) is 65.4 Å². The van der Waals surface area contributed by atoms with Gasteiger partial charge in [-0.3, -0.25) is 37.3 Å². The zero-order valence-corrected chi connectivity index (χ0v) is 65.1. The summed E-state index contributed by atoms with van der Waals surface area (Å²) in [6, 6.07) is 0. The zero-order valence-electron chi connectivity index (χ0n) is 63.3. The zero-order chi connectivity index (χ0) is 76.0. The summed E-state index contributed by atoms with van der Waals surface area (Å²) >= 11 is 0. The van der Waals surface area contributed by atoms with E-state index in [2.05, 4.69) is 198 Å². The molecule has 17 nitrogen and oxygen atoms in total. The van der Waals surface area contributed by atoms with E-state index >= 15 is 0 Å². The monoisotopic (exact) mass is 1480 g/mol. The Labute approximate surface area is 626 Å². The van der Waals surface area contributed by atoms with Gasteiger partial charge in [0.2, 0.25) is 0 Å². The third kappa shape index (κ3) is 73.7. The summed E-state index contributed by atoms with van der Waals surface area (Å²) < 4.78 is 68.2. The largest absolute Gasteiger partial charge is 0.472 e. The molecular weight excluding hydrogens is 1350 g/mol. The molecule has 582 valence electrons. The van der Waals surface area contributed by atoms with E-state index in [-0.39, 0.29) is 25.7 Å². The van der Waals surface area contributed by atoms with Crippen LogP contribution in [0.25, 0.3) is 0 Å². The van der Waals surface area contributed by atoms with Crippen LogP contribution in [0.3, 0.4) is 0 Å². The molecule has 0 rings (SSSR count). The molecule has 19 heteroatoms. The number of unbranched alkanes of at least 4 members (excludes halogenated alkanes) is 7. The van der Waals surface area contributed by atoms with Gasteiger partial charge in [0.15, 0.2) is 12.2 Å². The number of hydrogen-bond donors (Lipinski definition) is 3. The topological polar surface area (TPSA) is 237 Å². The Morgan fingerprint density at radius 3 is 0.837 bits per heavy atom. The molecule has 0 fully saturated rings. The highest BCUT2D eigenvalue weighted by Crippen LogP contribution is 2.45. The molecule has 0 aliphatic rings. The minimum absolute atomic E-state index is 0.0494. The lowest BCUT2D eigenvalue weighted by Crippen LogP contribution is -2.30. The maximum absolute atomic E-state index is 13.1. The molecule has 0 amide bonds. The summed E-state index contributed by atoms with van der Waals surface area (Å²) in [5.41, 5.74) is 0. The number of phosphoric ester groups is 2. The van der Waals surface area contributed by atoms with E-state index in [9.17, 15) is 43.2 Å². The number of allylic oxidation sites excluding steroid dienone is 35. The highest BCUT2D eigenvalue weighted by Gasteiger charge is 2.30. The number of aliphatic hydroxyl groups excluding tert-OH is 1. The smallest absolute Gasteiger partial charge is 0.462 e. The number of rotatable bonds is 68. The first-order valence-corrected chi connectivity index (χ1v) is 41.0. The second kappa shape index (κ2) is 74.6. The Balaban J connectivity index is 5.58. The molecule has 5 atom stereocenters. The van der Waals surface area contributed by atoms with Gasteiger partial charge in [-0.05, 0) is 161 Å². The van der Waals surface area contributed by atoms with Crippen LogP contribution >= 0.6 is 15.6 Å². The van der Waals surface area contributed by atoms with Crippen LogP contribution in [0, 0.1) is 0 Å². The van der Waals surface area contributed by atoms with Crippen molar-refractivity contribution in [2.45, 2.75) is 251 Å². The minimum Gasteiger partial charge on any atom is -0.462 e. The summed E-state index contributed by atoms with van der Waals surface area (Å²) in [4.78, 5) is 72.8. The second-order valence-electron chi connectivity index (χ2n) is 24.1. The van der Waals surface area contributed by atoms with Gasteiger partial charge in [0.05, 0.1) is 32.8 Å². The van der Waals surface area contributed by atoms with Crippen molar-refractivity contribution in [3.05, 3.63) is 219 Å². The molecular formula is C85H130O17P2. The van der Waals surface area contributed by atoms with Gasteiger partial charge in [-0.1, -0.05) is 266 Å². The van der Waals surface area contributed by atoms with Crippen molar-refractivity contribution in [2.24, 2.45) is 0 Å². The van der Waals surface area contributed by atoms with E-state index in [0.717, 1.165) is 141 Å². The number of aliphatic hydroxyl groups is 1. The molecule has 0 saturated carbocycles. The van der Waals surface area contributed by atoms with Gasteiger partial charge in [0, 0.05) is 19.3 Å². The molecule has 104 heavy (non-hydrogen) atoms. The molecule has 0 aliphatic carbocycles. The molecule has 0 spiro atoms. The van der Waals surface area contributed by atoms with Crippen LogP contribution < -0.4 is 0 Å². The highest BCUT2D eigenvalue weighted by molar-refractivity contribution is 7.47. The first kappa shape index (κ1) is 97.4. The van der Waals surface area contributed by atoms with Gasteiger partial charge < -0.3 is 33.8 Å². The predicted octanol–water partition coefficient (Wildman–Crippen LogP) is 22.1. The summed E-state index contributed by atoms with van der Waals surface area (Å²) in [7, 11) is -10.0. The number of ether oxygens (including phenoxy) is 4. The van der Waals surface area contributed by atoms with Gasteiger partial charge in [0.1, 0.15) is 19.3 Å². The molecule has 0 bridgehead atoms. The van der Waals surface area contributed by atoms with Gasteiger partial charge in [-0.25, -0.2) is 9.13 Å². The SMILES string of the molecule is CC/C=C\C/C=C\C/C=C\C/C=C\C/C=C\CCCC(=O)OCC(COP(=O)(O)OCC(O)COP(=O)(O)OCC(COC(=O)CCC/C=C\C/C=C\C/C=C\C/C=C\C/C=C\CC)OC(=O)CCCCCCC/C=C\C/C=C\C/C=C\CC)OC(=O)C/C=C\C/C=C\C/C=C\C/C=C\C/C=C\CC. The fourth-order valence-corrected chi connectivity index (χ4v) is 10.4. The maximum atomic E-state index is 13.1. The van der Waals surface area contributed by atoms with Crippen molar-refractivity contribution in [3.63, 3.8) is 0 Å². The van der Waals surface area contributed by atoms with Gasteiger partial charge in [-0.2, -0.15) is 0 Å². The molecule has 0 aromatic heterocycles. The Bertz CT molecular complexity index is 2840. The highest BCUT2D eigenvalue weighted by atomic mass is 31.2. The van der Waals surface area contributed by atoms with Gasteiger partial charge in [0.25, 0.3) is 0 Å². The summed E-state index contributed by atoms with van der Waals surface area (Å²) in [6.45, 7) is 4.09. The Hall–Kier alpha value is -6.62. The van der Waals surface area contributed by atoms with Gasteiger partial charge in [-0.15, -0.1) is 0 Å². The van der Waals surface area contributed by atoms with Crippen molar-refractivity contribution in [3.8, 4) is 0 Å². The van der Waals surface area contributed by atoms with Crippen molar-refractivity contribution in [1.82, 2.24) is 0 Å². The third-order valence-electron chi connectivity index (χ3n) is 14.5. The fraction of sp³-hybridized carbons (Fsp3) is 0.529. The summed E-state index contributed by atoms with van der Waals surface area (Å²) in [5.74, 6) is -2.51. The van der Waals surface area contributed by atoms with E-state index in [4.69, 9.17) is 37.0 Å². The van der Waals surface area contributed by atoms with Crippen LogP contribution in [0.4, 0.5) is 0 Å². The first-order valence-electron chi connectivity index (χ1n) is 38.0. The van der Waals surface area contributed by atoms with E-state index in [1.807, 2.05) is 36.5 Å². The molecule has 0 aromatic rings. The van der Waals surface area contributed by atoms with E-state index in [0.29, 0.717) is 38.5 Å².